The van der Waals surface area contributed by atoms with Crippen LogP contribution in [0, 0.1) is 0 Å². The van der Waals surface area contributed by atoms with Gasteiger partial charge in [-0.2, -0.15) is 0 Å². The average Bonchev–Trinajstić information content (AvgIpc) is 2.04. The molecule has 1 rings (SSSR count). The molecule has 0 aliphatic carbocycles. The molecule has 0 radical (unpaired) electrons. The fraction of sp³-hybridized carbons (Fsp3) is 0.222. The number of carbonyl (C=O) groups is 1. The summed E-state index contributed by atoms with van der Waals surface area (Å²) in [6, 6.07) is 7.14. The highest BCUT2D eigenvalue weighted by Crippen LogP contribution is 2.16. The van der Waals surface area contributed by atoms with Crippen LogP contribution in [0.1, 0.15) is 18.4 Å². The molecule has 1 aromatic rings. The van der Waals surface area contributed by atoms with Crippen molar-refractivity contribution < 1.29 is 9.90 Å². The van der Waals surface area contributed by atoms with Crippen LogP contribution in [0.5, 0.6) is 0 Å². The Morgan fingerprint density at radius 2 is 1.92 bits per heavy atom. The molecule has 0 aromatic heterocycles. The SMILES string of the molecule is C[C@H](C(=O)O)c1ccc(S)cc1. The third-order valence-corrected chi connectivity index (χ3v) is 2.06. The zero-order chi connectivity index (χ0) is 9.14. The van der Waals surface area contributed by atoms with Crippen molar-refractivity contribution in [3.05, 3.63) is 29.8 Å². The summed E-state index contributed by atoms with van der Waals surface area (Å²) in [5.74, 6) is -1.25. The van der Waals surface area contributed by atoms with Crippen LogP contribution in [0.4, 0.5) is 0 Å². The van der Waals surface area contributed by atoms with Gasteiger partial charge < -0.3 is 5.11 Å². The van der Waals surface area contributed by atoms with Gasteiger partial charge in [0.25, 0.3) is 0 Å². The third kappa shape index (κ3) is 2.01. The van der Waals surface area contributed by atoms with E-state index in [9.17, 15) is 4.79 Å². The molecule has 0 heterocycles. The molecule has 1 aromatic carbocycles. The Balaban J connectivity index is 2.89. The second-order valence-corrected chi connectivity index (χ2v) is 3.17. The predicted octanol–water partition coefficient (Wildman–Crippen LogP) is 2.16. The predicted molar refractivity (Wildman–Crippen MR) is 49.7 cm³/mol. The highest BCUT2D eigenvalue weighted by atomic mass is 32.1. The van der Waals surface area contributed by atoms with E-state index in [1.54, 1.807) is 31.2 Å². The number of hydrogen-bond donors (Lipinski definition) is 2. The molecule has 0 spiro atoms. The van der Waals surface area contributed by atoms with E-state index in [0.29, 0.717) is 0 Å². The van der Waals surface area contributed by atoms with E-state index in [0.717, 1.165) is 10.5 Å². The molecule has 0 aliphatic heterocycles. The van der Waals surface area contributed by atoms with Crippen molar-refractivity contribution in [2.24, 2.45) is 0 Å². The number of thiol groups is 1. The Morgan fingerprint density at radius 3 is 2.33 bits per heavy atom. The first-order valence-corrected chi connectivity index (χ1v) is 4.07. The lowest BCUT2D eigenvalue weighted by atomic mass is 10.0. The summed E-state index contributed by atoms with van der Waals surface area (Å²) in [5, 5.41) is 8.69. The van der Waals surface area contributed by atoms with E-state index in [1.807, 2.05) is 0 Å². The summed E-state index contributed by atoms with van der Waals surface area (Å²) in [7, 11) is 0. The Morgan fingerprint density at radius 1 is 1.42 bits per heavy atom. The first-order valence-electron chi connectivity index (χ1n) is 3.63. The fourth-order valence-corrected chi connectivity index (χ4v) is 1.05. The van der Waals surface area contributed by atoms with E-state index >= 15 is 0 Å². The van der Waals surface area contributed by atoms with Crippen molar-refractivity contribution in [3.63, 3.8) is 0 Å². The van der Waals surface area contributed by atoms with Crippen molar-refractivity contribution >= 4 is 18.6 Å². The molecule has 0 saturated carbocycles. The quantitative estimate of drug-likeness (QED) is 0.688. The van der Waals surface area contributed by atoms with Gasteiger partial charge in [0.15, 0.2) is 0 Å². The van der Waals surface area contributed by atoms with Crippen LogP contribution >= 0.6 is 12.6 Å². The Bertz CT molecular complexity index is 279. The lowest BCUT2D eigenvalue weighted by molar-refractivity contribution is -0.138. The molecule has 64 valence electrons. The largest absolute Gasteiger partial charge is 0.481 e. The Kier molecular flexibility index (Phi) is 2.76. The summed E-state index contributed by atoms with van der Waals surface area (Å²) in [4.78, 5) is 11.4. The first-order chi connectivity index (χ1) is 5.61. The molecule has 0 aliphatic rings. The van der Waals surface area contributed by atoms with E-state index in [-0.39, 0.29) is 0 Å². The van der Waals surface area contributed by atoms with Crippen LogP contribution in [-0.2, 0) is 4.79 Å². The molecule has 3 heteroatoms. The monoisotopic (exact) mass is 182 g/mol. The number of aliphatic carboxylic acids is 1. The summed E-state index contributed by atoms with van der Waals surface area (Å²) in [6.07, 6.45) is 0. The van der Waals surface area contributed by atoms with Crippen molar-refractivity contribution in [3.8, 4) is 0 Å². The number of benzene rings is 1. The molecule has 0 fully saturated rings. The second kappa shape index (κ2) is 3.63. The minimum atomic E-state index is -0.804. The van der Waals surface area contributed by atoms with E-state index in [2.05, 4.69) is 12.6 Å². The van der Waals surface area contributed by atoms with E-state index in [1.165, 1.54) is 0 Å². The molecule has 1 atom stereocenters. The van der Waals surface area contributed by atoms with Crippen molar-refractivity contribution in [1.29, 1.82) is 0 Å². The zero-order valence-electron chi connectivity index (χ0n) is 6.69. The molecule has 0 unspecified atom stereocenters. The van der Waals surface area contributed by atoms with Gasteiger partial charge in [-0.05, 0) is 24.6 Å². The average molecular weight is 182 g/mol. The lowest BCUT2D eigenvalue weighted by Crippen LogP contribution is -2.06. The third-order valence-electron chi connectivity index (χ3n) is 1.76. The van der Waals surface area contributed by atoms with Crippen LogP contribution in [0.25, 0.3) is 0 Å². The van der Waals surface area contributed by atoms with Gasteiger partial charge in [-0.25, -0.2) is 0 Å². The lowest BCUT2D eigenvalue weighted by Gasteiger charge is -2.05. The molecule has 0 saturated heterocycles. The minimum absolute atomic E-state index is 0.445. The molecule has 2 nitrogen and oxygen atoms in total. The van der Waals surface area contributed by atoms with E-state index < -0.39 is 11.9 Å². The van der Waals surface area contributed by atoms with Gasteiger partial charge in [0.1, 0.15) is 0 Å². The highest BCUT2D eigenvalue weighted by molar-refractivity contribution is 7.80. The van der Waals surface area contributed by atoms with Crippen LogP contribution in [0.3, 0.4) is 0 Å². The maximum absolute atomic E-state index is 10.6. The molecule has 0 amide bonds. The molecule has 0 bridgehead atoms. The van der Waals surface area contributed by atoms with Crippen molar-refractivity contribution in [2.75, 3.05) is 0 Å². The van der Waals surface area contributed by atoms with Crippen molar-refractivity contribution in [1.82, 2.24) is 0 Å². The van der Waals surface area contributed by atoms with Crippen LogP contribution in [-0.4, -0.2) is 11.1 Å². The maximum Gasteiger partial charge on any atom is 0.310 e. The highest BCUT2D eigenvalue weighted by Gasteiger charge is 2.12. The molecule has 12 heavy (non-hydrogen) atoms. The smallest absolute Gasteiger partial charge is 0.310 e. The number of hydrogen-bond acceptors (Lipinski definition) is 2. The van der Waals surface area contributed by atoms with Gasteiger partial charge in [0, 0.05) is 4.90 Å². The van der Waals surface area contributed by atoms with Crippen molar-refractivity contribution in [2.45, 2.75) is 17.7 Å². The zero-order valence-corrected chi connectivity index (χ0v) is 7.58. The molecule has 1 N–H and O–H groups in total. The number of carboxylic acid groups (broad SMARTS) is 1. The summed E-state index contributed by atoms with van der Waals surface area (Å²) in [5.41, 5.74) is 0.806. The van der Waals surface area contributed by atoms with Gasteiger partial charge in [-0.1, -0.05) is 12.1 Å². The summed E-state index contributed by atoms with van der Waals surface area (Å²) >= 11 is 4.10. The van der Waals surface area contributed by atoms with Crippen LogP contribution in [0.2, 0.25) is 0 Å². The minimum Gasteiger partial charge on any atom is -0.481 e. The standard InChI is InChI=1S/C9H10O2S/c1-6(9(10)11)7-2-4-8(12)5-3-7/h2-6,12H,1H3,(H,10,11)/t6-/m0/s1. The van der Waals surface area contributed by atoms with Gasteiger partial charge in [0.2, 0.25) is 0 Å². The van der Waals surface area contributed by atoms with Gasteiger partial charge in [-0.3, -0.25) is 4.79 Å². The van der Waals surface area contributed by atoms with Crippen LogP contribution in [0.15, 0.2) is 29.2 Å². The Labute approximate surface area is 76.6 Å². The topological polar surface area (TPSA) is 37.3 Å². The normalized spacial score (nSPS) is 12.5. The molecular weight excluding hydrogens is 172 g/mol. The summed E-state index contributed by atoms with van der Waals surface area (Å²) < 4.78 is 0. The summed E-state index contributed by atoms with van der Waals surface area (Å²) in [6.45, 7) is 1.66. The second-order valence-electron chi connectivity index (χ2n) is 2.65. The van der Waals surface area contributed by atoms with Gasteiger partial charge in [0.05, 0.1) is 5.92 Å². The van der Waals surface area contributed by atoms with Gasteiger partial charge >= 0.3 is 5.97 Å². The van der Waals surface area contributed by atoms with E-state index in [4.69, 9.17) is 5.11 Å². The maximum atomic E-state index is 10.6. The number of carboxylic acids is 1. The fourth-order valence-electron chi connectivity index (χ4n) is 0.906. The molecular formula is C9H10O2S. The number of rotatable bonds is 2. The van der Waals surface area contributed by atoms with Gasteiger partial charge in [-0.15, -0.1) is 12.6 Å². The van der Waals surface area contributed by atoms with Crippen LogP contribution < -0.4 is 0 Å². The Hall–Kier alpha value is -0.960. The first kappa shape index (κ1) is 9.13.